The molecule has 1 aliphatic heterocycles. The Bertz CT molecular complexity index is 1280. The van der Waals surface area contributed by atoms with Crippen LogP contribution >= 0.6 is 11.3 Å². The number of likely N-dealkylation sites (tertiary alicyclic amines) is 1. The molecule has 0 bridgehead atoms. The van der Waals surface area contributed by atoms with E-state index in [9.17, 15) is 5.11 Å². The van der Waals surface area contributed by atoms with Crippen LogP contribution < -0.4 is 9.47 Å². The van der Waals surface area contributed by atoms with Crippen LogP contribution in [0.4, 0.5) is 0 Å². The Morgan fingerprint density at radius 2 is 1.89 bits per heavy atom. The fourth-order valence-corrected chi connectivity index (χ4v) is 6.21. The van der Waals surface area contributed by atoms with Crippen molar-refractivity contribution in [1.29, 1.82) is 0 Å². The molecule has 0 amide bonds. The number of benzene rings is 2. The van der Waals surface area contributed by atoms with Crippen molar-refractivity contribution in [3.63, 3.8) is 0 Å². The lowest BCUT2D eigenvalue weighted by molar-refractivity contribution is 0.150. The highest BCUT2D eigenvalue weighted by atomic mass is 32.1. The Morgan fingerprint density at radius 1 is 1.11 bits per heavy atom. The van der Waals surface area contributed by atoms with Crippen molar-refractivity contribution in [1.82, 2.24) is 19.5 Å². The first-order valence-corrected chi connectivity index (χ1v) is 13.0. The van der Waals surface area contributed by atoms with E-state index in [0.29, 0.717) is 29.1 Å². The average molecular weight is 493 g/mol. The summed E-state index contributed by atoms with van der Waals surface area (Å²) in [5.74, 6) is 2.89. The number of aromatic hydroxyl groups is 1. The third kappa shape index (κ3) is 4.86. The minimum atomic E-state index is -0.119. The Kier molecular flexibility index (Phi) is 6.92. The molecule has 8 heteroatoms. The van der Waals surface area contributed by atoms with Gasteiger partial charge in [-0.2, -0.15) is 4.52 Å². The minimum Gasteiger partial charge on any atom is -0.493 e. The van der Waals surface area contributed by atoms with Crippen LogP contribution in [0.15, 0.2) is 48.5 Å². The first kappa shape index (κ1) is 23.6. The Hall–Kier alpha value is -3.10. The summed E-state index contributed by atoms with van der Waals surface area (Å²) in [6.07, 6.45) is 3.33. The van der Waals surface area contributed by atoms with Gasteiger partial charge in [-0.25, -0.2) is 4.98 Å². The van der Waals surface area contributed by atoms with Crippen molar-refractivity contribution < 1.29 is 14.6 Å². The van der Waals surface area contributed by atoms with Gasteiger partial charge in [-0.1, -0.05) is 47.7 Å². The highest BCUT2D eigenvalue weighted by Gasteiger charge is 2.32. The zero-order valence-corrected chi connectivity index (χ0v) is 21.3. The van der Waals surface area contributed by atoms with Gasteiger partial charge in [-0.3, -0.25) is 4.90 Å². The van der Waals surface area contributed by atoms with Gasteiger partial charge in [0.2, 0.25) is 10.8 Å². The number of fused-ring (bicyclic) bond motifs is 1. The molecule has 2 aromatic carbocycles. The van der Waals surface area contributed by atoms with Crippen molar-refractivity contribution in [3.05, 3.63) is 70.4 Å². The second-order valence-electron chi connectivity index (χ2n) is 9.06. The summed E-state index contributed by atoms with van der Waals surface area (Å²) in [7, 11) is 1.66. The quantitative estimate of drug-likeness (QED) is 0.362. The first-order valence-electron chi connectivity index (χ1n) is 12.2. The highest BCUT2D eigenvalue weighted by Crippen LogP contribution is 2.43. The molecule has 35 heavy (non-hydrogen) atoms. The molecule has 5 rings (SSSR count). The van der Waals surface area contributed by atoms with Gasteiger partial charge < -0.3 is 14.6 Å². The van der Waals surface area contributed by atoms with Gasteiger partial charge in [0.1, 0.15) is 5.82 Å². The Balaban J connectivity index is 1.46. The van der Waals surface area contributed by atoms with Crippen LogP contribution in [0.5, 0.6) is 17.4 Å². The summed E-state index contributed by atoms with van der Waals surface area (Å²) >= 11 is 1.50. The molecule has 0 radical (unpaired) electrons. The number of hydrogen-bond acceptors (Lipinski definition) is 7. The van der Waals surface area contributed by atoms with Crippen LogP contribution in [0, 0.1) is 12.8 Å². The predicted octanol–water partition coefficient (Wildman–Crippen LogP) is 5.26. The van der Waals surface area contributed by atoms with E-state index in [-0.39, 0.29) is 11.9 Å². The number of methoxy groups -OCH3 is 1. The van der Waals surface area contributed by atoms with Gasteiger partial charge in [0.25, 0.3) is 0 Å². The molecule has 4 aromatic rings. The Labute approximate surface area is 210 Å². The third-order valence-corrected chi connectivity index (χ3v) is 7.81. The van der Waals surface area contributed by atoms with E-state index in [4.69, 9.17) is 9.47 Å². The van der Waals surface area contributed by atoms with Crippen LogP contribution in [-0.4, -0.2) is 51.4 Å². The lowest BCUT2D eigenvalue weighted by atomic mass is 9.88. The molecule has 0 saturated carbocycles. The molecule has 0 spiro atoms. The zero-order valence-electron chi connectivity index (χ0n) is 20.5. The zero-order chi connectivity index (χ0) is 24.4. The number of thiazole rings is 1. The minimum absolute atomic E-state index is 0.119. The number of piperidine rings is 1. The smallest absolute Gasteiger partial charge is 0.230 e. The van der Waals surface area contributed by atoms with E-state index in [1.807, 2.05) is 26.0 Å². The number of hydrogen-bond donors (Lipinski definition) is 1. The maximum absolute atomic E-state index is 11.2. The normalized spacial score (nSPS) is 16.0. The molecular weight excluding hydrogens is 460 g/mol. The lowest BCUT2D eigenvalue weighted by Crippen LogP contribution is -2.37. The molecule has 184 valence electrons. The van der Waals surface area contributed by atoms with Crippen LogP contribution in [0.1, 0.15) is 47.6 Å². The molecule has 1 saturated heterocycles. The summed E-state index contributed by atoms with van der Waals surface area (Å²) in [5.41, 5.74) is 2.46. The van der Waals surface area contributed by atoms with Gasteiger partial charge in [-0.05, 0) is 75.4 Å². The van der Waals surface area contributed by atoms with Crippen LogP contribution in [0.3, 0.4) is 0 Å². The van der Waals surface area contributed by atoms with Crippen LogP contribution in [-0.2, 0) is 6.42 Å². The van der Waals surface area contributed by atoms with E-state index < -0.39 is 0 Å². The van der Waals surface area contributed by atoms with Crippen molar-refractivity contribution in [2.24, 2.45) is 5.92 Å². The van der Waals surface area contributed by atoms with Crippen LogP contribution in [0.2, 0.25) is 0 Å². The number of rotatable bonds is 8. The summed E-state index contributed by atoms with van der Waals surface area (Å²) in [5, 5.41) is 15.6. The lowest BCUT2D eigenvalue weighted by Gasteiger charge is -2.37. The van der Waals surface area contributed by atoms with E-state index in [0.717, 1.165) is 48.5 Å². The SMILES string of the molecule is CCOc1ccc([C@@H](c2sc3nc(C)nn3c2O)N2CCC(Cc3ccccc3)CC2)cc1OC. The van der Waals surface area contributed by atoms with E-state index in [2.05, 4.69) is 51.4 Å². The third-order valence-electron chi connectivity index (χ3n) is 6.74. The van der Waals surface area contributed by atoms with Gasteiger partial charge >= 0.3 is 0 Å². The maximum Gasteiger partial charge on any atom is 0.230 e. The molecule has 2 aromatic heterocycles. The highest BCUT2D eigenvalue weighted by molar-refractivity contribution is 7.17. The maximum atomic E-state index is 11.2. The molecule has 1 atom stereocenters. The predicted molar refractivity (Wildman–Crippen MR) is 138 cm³/mol. The molecule has 1 aliphatic rings. The number of aromatic nitrogens is 3. The summed E-state index contributed by atoms with van der Waals surface area (Å²) in [4.78, 5) is 8.52. The molecular formula is C27H32N4O3S. The summed E-state index contributed by atoms with van der Waals surface area (Å²) in [6.45, 7) is 6.27. The summed E-state index contributed by atoms with van der Waals surface area (Å²) in [6, 6.07) is 16.7. The van der Waals surface area contributed by atoms with E-state index >= 15 is 0 Å². The second kappa shape index (κ2) is 10.3. The van der Waals surface area contributed by atoms with Gasteiger partial charge in [-0.15, -0.1) is 5.10 Å². The molecule has 0 unspecified atom stereocenters. The molecule has 0 aliphatic carbocycles. The van der Waals surface area contributed by atoms with E-state index in [1.54, 1.807) is 11.6 Å². The molecule has 3 heterocycles. The number of nitrogens with zero attached hydrogens (tertiary/aromatic N) is 4. The van der Waals surface area contributed by atoms with E-state index in [1.165, 1.54) is 16.9 Å². The molecule has 7 nitrogen and oxygen atoms in total. The summed E-state index contributed by atoms with van der Waals surface area (Å²) < 4.78 is 13.0. The number of aryl methyl sites for hydroxylation is 1. The van der Waals surface area contributed by atoms with Crippen molar-refractivity contribution in [3.8, 4) is 17.4 Å². The average Bonchev–Trinajstić information content (AvgIpc) is 3.38. The number of ether oxygens (including phenoxy) is 2. The van der Waals surface area contributed by atoms with Gasteiger partial charge in [0.05, 0.1) is 24.6 Å². The van der Waals surface area contributed by atoms with Crippen molar-refractivity contribution >= 4 is 16.3 Å². The second-order valence-corrected chi connectivity index (χ2v) is 10.1. The topological polar surface area (TPSA) is 72.1 Å². The Morgan fingerprint density at radius 3 is 2.57 bits per heavy atom. The largest absolute Gasteiger partial charge is 0.493 e. The van der Waals surface area contributed by atoms with Crippen LogP contribution in [0.25, 0.3) is 4.96 Å². The molecule has 1 N–H and O–H groups in total. The first-order chi connectivity index (χ1) is 17.1. The molecule has 1 fully saturated rings. The van der Waals surface area contributed by atoms with Gasteiger partial charge in [0.15, 0.2) is 11.5 Å². The van der Waals surface area contributed by atoms with Crippen molar-refractivity contribution in [2.75, 3.05) is 26.8 Å². The fraction of sp³-hybridized carbons (Fsp3) is 0.407. The standard InChI is InChI=1S/C27H32N4O3S/c1-4-34-22-11-10-21(17-23(22)33-3)24(25-26(32)31-27(35-25)28-18(2)29-31)30-14-12-20(13-15-30)16-19-8-6-5-7-9-19/h5-11,17,20,24,32H,4,12-16H2,1-3H3/t24-/m0/s1. The van der Waals surface area contributed by atoms with Crippen molar-refractivity contribution in [2.45, 2.75) is 39.2 Å². The monoisotopic (exact) mass is 492 g/mol. The van der Waals surface area contributed by atoms with Gasteiger partial charge in [0, 0.05) is 0 Å². The fourth-order valence-electron chi connectivity index (χ4n) is 5.05.